The number of rotatable bonds is 5. The van der Waals surface area contributed by atoms with E-state index in [0.29, 0.717) is 0 Å². The lowest BCUT2D eigenvalue weighted by molar-refractivity contribution is -0.122. The zero-order valence-electron chi connectivity index (χ0n) is 8.87. The Kier molecular flexibility index (Phi) is 4.90. The smallest absolute Gasteiger partial charge is 0.220 e. The average molecular weight is 200 g/mol. The van der Waals surface area contributed by atoms with E-state index >= 15 is 0 Å². The van der Waals surface area contributed by atoms with Crippen LogP contribution in [-0.4, -0.2) is 43.7 Å². The molecule has 82 valence electrons. The van der Waals surface area contributed by atoms with Crippen molar-refractivity contribution in [3.8, 4) is 0 Å². The van der Waals surface area contributed by atoms with Crippen LogP contribution in [0.4, 0.5) is 0 Å². The van der Waals surface area contributed by atoms with Crippen LogP contribution < -0.4 is 5.73 Å². The fraction of sp³-hybridized carbons (Fsp3) is 0.900. The van der Waals surface area contributed by atoms with Gasteiger partial charge in [-0.25, -0.2) is 0 Å². The fourth-order valence-corrected chi connectivity index (χ4v) is 1.71. The lowest BCUT2D eigenvalue weighted by Gasteiger charge is -2.27. The first kappa shape index (κ1) is 11.5. The van der Waals surface area contributed by atoms with Crippen LogP contribution >= 0.6 is 0 Å². The van der Waals surface area contributed by atoms with E-state index in [0.717, 1.165) is 45.7 Å². The molecule has 0 saturated carbocycles. The van der Waals surface area contributed by atoms with Gasteiger partial charge in [0.25, 0.3) is 0 Å². The third-order valence-electron chi connectivity index (χ3n) is 2.79. The van der Waals surface area contributed by atoms with Crippen LogP contribution in [0.2, 0.25) is 0 Å². The molecule has 1 unspecified atom stereocenters. The summed E-state index contributed by atoms with van der Waals surface area (Å²) in [6.07, 6.45) is 1.73. The van der Waals surface area contributed by atoms with Crippen LogP contribution in [0, 0.1) is 5.92 Å². The quantitative estimate of drug-likeness (QED) is 0.690. The molecule has 1 atom stereocenters. The van der Waals surface area contributed by atoms with Crippen molar-refractivity contribution in [3.63, 3.8) is 0 Å². The summed E-state index contributed by atoms with van der Waals surface area (Å²) in [6, 6.07) is 0. The number of carbonyl (C=O) groups is 1. The maximum Gasteiger partial charge on any atom is 0.220 e. The highest BCUT2D eigenvalue weighted by Crippen LogP contribution is 2.09. The normalized spacial score (nSPS) is 20.6. The van der Waals surface area contributed by atoms with Crippen molar-refractivity contribution in [2.75, 3.05) is 32.8 Å². The van der Waals surface area contributed by atoms with Crippen molar-refractivity contribution in [1.29, 1.82) is 0 Å². The minimum atomic E-state index is -0.166. The van der Waals surface area contributed by atoms with E-state index in [4.69, 9.17) is 10.5 Å². The third-order valence-corrected chi connectivity index (χ3v) is 2.79. The minimum absolute atomic E-state index is 0.0397. The summed E-state index contributed by atoms with van der Waals surface area (Å²) in [4.78, 5) is 13.3. The van der Waals surface area contributed by atoms with Gasteiger partial charge in [-0.15, -0.1) is 0 Å². The van der Waals surface area contributed by atoms with Crippen LogP contribution in [0.25, 0.3) is 0 Å². The van der Waals surface area contributed by atoms with Crippen LogP contribution in [0.3, 0.4) is 0 Å². The van der Waals surface area contributed by atoms with Crippen molar-refractivity contribution in [2.24, 2.45) is 11.7 Å². The van der Waals surface area contributed by atoms with Gasteiger partial charge in [-0.2, -0.15) is 0 Å². The topological polar surface area (TPSA) is 55.6 Å². The molecule has 0 spiro atoms. The van der Waals surface area contributed by atoms with Gasteiger partial charge in [-0.3, -0.25) is 9.69 Å². The zero-order chi connectivity index (χ0) is 10.4. The van der Waals surface area contributed by atoms with Crippen LogP contribution in [0.5, 0.6) is 0 Å². The lowest BCUT2D eigenvalue weighted by Crippen LogP contribution is -2.38. The summed E-state index contributed by atoms with van der Waals surface area (Å²) >= 11 is 0. The average Bonchev–Trinajstić information content (AvgIpc) is 2.20. The number of carbonyl (C=O) groups excluding carboxylic acids is 1. The lowest BCUT2D eigenvalue weighted by atomic mass is 10.0. The van der Waals surface area contributed by atoms with E-state index in [1.54, 1.807) is 0 Å². The molecule has 1 amide bonds. The number of primary amides is 1. The van der Waals surface area contributed by atoms with Crippen molar-refractivity contribution in [1.82, 2.24) is 4.90 Å². The van der Waals surface area contributed by atoms with Crippen molar-refractivity contribution in [2.45, 2.75) is 19.8 Å². The summed E-state index contributed by atoms with van der Waals surface area (Å²) in [6.45, 7) is 6.56. The van der Waals surface area contributed by atoms with E-state index < -0.39 is 0 Å². The third kappa shape index (κ3) is 3.64. The molecule has 14 heavy (non-hydrogen) atoms. The van der Waals surface area contributed by atoms with Crippen LogP contribution in [0.1, 0.15) is 19.8 Å². The molecule has 0 aromatic heterocycles. The Morgan fingerprint density at radius 1 is 1.50 bits per heavy atom. The van der Waals surface area contributed by atoms with E-state index in [9.17, 15) is 4.79 Å². The Hall–Kier alpha value is -0.610. The second kappa shape index (κ2) is 5.98. The predicted molar refractivity (Wildman–Crippen MR) is 54.9 cm³/mol. The summed E-state index contributed by atoms with van der Waals surface area (Å²) in [5.74, 6) is -0.126. The molecule has 1 fully saturated rings. The number of ether oxygens (including phenoxy) is 1. The van der Waals surface area contributed by atoms with Gasteiger partial charge < -0.3 is 10.5 Å². The number of hydrogen-bond acceptors (Lipinski definition) is 3. The standard InChI is InChI=1S/C10H20N2O2/c1-2-9(10(11)13)3-4-12-5-7-14-8-6-12/h9H,2-8H2,1H3,(H2,11,13). The highest BCUT2D eigenvalue weighted by atomic mass is 16.5. The summed E-state index contributed by atoms with van der Waals surface area (Å²) < 4.78 is 5.25. The van der Waals surface area contributed by atoms with Gasteiger partial charge in [-0.05, 0) is 19.4 Å². The Balaban J connectivity index is 2.20. The van der Waals surface area contributed by atoms with Crippen molar-refractivity contribution < 1.29 is 9.53 Å². The van der Waals surface area contributed by atoms with Crippen LogP contribution in [-0.2, 0) is 9.53 Å². The molecular formula is C10H20N2O2. The molecule has 0 aromatic carbocycles. The number of morpholine rings is 1. The van der Waals surface area contributed by atoms with Crippen LogP contribution in [0.15, 0.2) is 0 Å². The predicted octanol–water partition coefficient (Wildman–Crippen LogP) is 0.220. The van der Waals surface area contributed by atoms with Gasteiger partial charge in [0.05, 0.1) is 13.2 Å². The van der Waals surface area contributed by atoms with Gasteiger partial charge in [0.2, 0.25) is 5.91 Å². The van der Waals surface area contributed by atoms with Gasteiger partial charge >= 0.3 is 0 Å². The summed E-state index contributed by atoms with van der Waals surface area (Å²) in [5.41, 5.74) is 5.28. The molecule has 1 saturated heterocycles. The number of nitrogens with two attached hydrogens (primary N) is 1. The highest BCUT2D eigenvalue weighted by molar-refractivity contribution is 5.76. The molecule has 0 aliphatic carbocycles. The molecular weight excluding hydrogens is 180 g/mol. The molecule has 1 heterocycles. The molecule has 1 rings (SSSR count). The maximum absolute atomic E-state index is 11.0. The number of hydrogen-bond donors (Lipinski definition) is 1. The van der Waals surface area contributed by atoms with Gasteiger partial charge in [-0.1, -0.05) is 6.92 Å². The Morgan fingerprint density at radius 2 is 2.14 bits per heavy atom. The van der Waals surface area contributed by atoms with Crippen molar-refractivity contribution in [3.05, 3.63) is 0 Å². The first-order valence-corrected chi connectivity index (χ1v) is 5.33. The zero-order valence-corrected chi connectivity index (χ0v) is 8.87. The van der Waals surface area contributed by atoms with E-state index in [2.05, 4.69) is 4.90 Å². The molecule has 0 bridgehead atoms. The number of nitrogens with zero attached hydrogens (tertiary/aromatic N) is 1. The molecule has 2 N–H and O–H groups in total. The molecule has 4 heteroatoms. The monoisotopic (exact) mass is 200 g/mol. The highest BCUT2D eigenvalue weighted by Gasteiger charge is 2.16. The first-order chi connectivity index (χ1) is 6.74. The molecule has 0 aromatic rings. The van der Waals surface area contributed by atoms with Crippen molar-refractivity contribution >= 4 is 5.91 Å². The second-order valence-corrected chi connectivity index (χ2v) is 3.75. The van der Waals surface area contributed by atoms with E-state index in [-0.39, 0.29) is 11.8 Å². The SMILES string of the molecule is CCC(CCN1CCOCC1)C(N)=O. The molecule has 1 aliphatic rings. The Labute approximate surface area is 85.4 Å². The number of amides is 1. The summed E-state index contributed by atoms with van der Waals surface area (Å²) in [5, 5.41) is 0. The second-order valence-electron chi connectivity index (χ2n) is 3.75. The summed E-state index contributed by atoms with van der Waals surface area (Å²) in [7, 11) is 0. The van der Waals surface area contributed by atoms with Gasteiger partial charge in [0, 0.05) is 19.0 Å². The fourth-order valence-electron chi connectivity index (χ4n) is 1.71. The Bertz CT molecular complexity index is 179. The van der Waals surface area contributed by atoms with E-state index in [1.165, 1.54) is 0 Å². The largest absolute Gasteiger partial charge is 0.379 e. The Morgan fingerprint density at radius 3 is 2.64 bits per heavy atom. The molecule has 0 radical (unpaired) electrons. The maximum atomic E-state index is 11.0. The van der Waals surface area contributed by atoms with E-state index in [1.807, 2.05) is 6.92 Å². The molecule has 1 aliphatic heterocycles. The molecule has 4 nitrogen and oxygen atoms in total. The minimum Gasteiger partial charge on any atom is -0.379 e. The van der Waals surface area contributed by atoms with Gasteiger partial charge in [0.15, 0.2) is 0 Å². The first-order valence-electron chi connectivity index (χ1n) is 5.33. The van der Waals surface area contributed by atoms with Gasteiger partial charge in [0.1, 0.15) is 0 Å².